The van der Waals surface area contributed by atoms with E-state index in [1.54, 1.807) is 12.3 Å². The first kappa shape index (κ1) is 17.0. The van der Waals surface area contributed by atoms with Crippen LogP contribution in [0.15, 0.2) is 12.3 Å². The quantitative estimate of drug-likeness (QED) is 0.713. The number of fused-ring (bicyclic) bond motifs is 1. The summed E-state index contributed by atoms with van der Waals surface area (Å²) in [5.74, 6) is 0. The van der Waals surface area contributed by atoms with Gasteiger partial charge in [0.25, 0.3) is 0 Å². The number of alkyl halides is 1. The SMILES string of the molecule is OC[C@H]1O[C@@H](n2ncc3c(NC4CCCC4)cc(Cl)nc32)[C@@H](F)[C@@H]1O. The molecule has 25 heavy (non-hydrogen) atoms. The minimum absolute atomic E-state index is 0.266. The van der Waals surface area contributed by atoms with Gasteiger partial charge in [0, 0.05) is 6.04 Å². The number of anilines is 1. The second-order valence-corrected chi connectivity index (χ2v) is 7.01. The Hall–Kier alpha value is -1.48. The number of aliphatic hydroxyl groups is 2. The Bertz CT molecular complexity index is 767. The molecule has 1 aliphatic heterocycles. The average molecular weight is 371 g/mol. The molecular formula is C16H20ClFN4O3. The summed E-state index contributed by atoms with van der Waals surface area (Å²) in [6.45, 7) is -0.472. The van der Waals surface area contributed by atoms with Crippen LogP contribution in [0.2, 0.25) is 5.15 Å². The van der Waals surface area contributed by atoms with E-state index >= 15 is 0 Å². The summed E-state index contributed by atoms with van der Waals surface area (Å²) in [5, 5.41) is 27.7. The second-order valence-electron chi connectivity index (χ2n) is 6.63. The summed E-state index contributed by atoms with van der Waals surface area (Å²) in [6.07, 6.45) is 0.889. The topological polar surface area (TPSA) is 92.4 Å². The van der Waals surface area contributed by atoms with Crippen molar-refractivity contribution in [1.82, 2.24) is 14.8 Å². The third-order valence-corrected chi connectivity index (χ3v) is 5.16. The second kappa shape index (κ2) is 6.68. The van der Waals surface area contributed by atoms with Crippen molar-refractivity contribution in [2.75, 3.05) is 11.9 Å². The van der Waals surface area contributed by atoms with E-state index < -0.39 is 31.2 Å². The van der Waals surface area contributed by atoms with Crippen molar-refractivity contribution in [2.45, 2.75) is 56.3 Å². The van der Waals surface area contributed by atoms with Crippen LogP contribution in [-0.4, -0.2) is 56.0 Å². The van der Waals surface area contributed by atoms with Crippen LogP contribution in [0.25, 0.3) is 11.0 Å². The zero-order chi connectivity index (χ0) is 17.6. The van der Waals surface area contributed by atoms with Crippen molar-refractivity contribution in [2.24, 2.45) is 0 Å². The number of ether oxygens (including phenoxy) is 1. The molecule has 3 heterocycles. The Morgan fingerprint density at radius 3 is 2.84 bits per heavy atom. The number of aromatic nitrogens is 3. The molecule has 0 bridgehead atoms. The van der Waals surface area contributed by atoms with Gasteiger partial charge < -0.3 is 20.3 Å². The highest BCUT2D eigenvalue weighted by Crippen LogP contribution is 2.35. The predicted octanol–water partition coefficient (Wildman–Crippen LogP) is 2.03. The molecule has 0 amide bonds. The highest BCUT2D eigenvalue weighted by molar-refractivity contribution is 6.30. The van der Waals surface area contributed by atoms with E-state index in [0.29, 0.717) is 17.1 Å². The van der Waals surface area contributed by atoms with Crippen molar-refractivity contribution < 1.29 is 19.3 Å². The minimum atomic E-state index is -1.72. The van der Waals surface area contributed by atoms with E-state index in [1.807, 2.05) is 0 Å². The number of pyridine rings is 1. The fraction of sp³-hybridized carbons (Fsp3) is 0.625. The van der Waals surface area contributed by atoms with E-state index in [4.69, 9.17) is 16.3 Å². The van der Waals surface area contributed by atoms with Crippen LogP contribution in [0, 0.1) is 0 Å². The molecule has 0 unspecified atom stereocenters. The van der Waals surface area contributed by atoms with Crippen LogP contribution in [0.4, 0.5) is 10.1 Å². The lowest BCUT2D eigenvalue weighted by Gasteiger charge is -2.16. The van der Waals surface area contributed by atoms with Crippen LogP contribution >= 0.6 is 11.6 Å². The number of aliphatic hydroxyl groups excluding tert-OH is 2. The molecule has 0 aromatic carbocycles. The predicted molar refractivity (Wildman–Crippen MR) is 90.3 cm³/mol. The van der Waals surface area contributed by atoms with E-state index in [0.717, 1.165) is 18.5 Å². The van der Waals surface area contributed by atoms with Gasteiger partial charge in [-0.05, 0) is 18.9 Å². The van der Waals surface area contributed by atoms with Gasteiger partial charge in [-0.2, -0.15) is 5.10 Å². The van der Waals surface area contributed by atoms with Gasteiger partial charge in [-0.1, -0.05) is 24.4 Å². The van der Waals surface area contributed by atoms with Crippen LogP contribution < -0.4 is 5.32 Å². The van der Waals surface area contributed by atoms with Crippen molar-refractivity contribution in [1.29, 1.82) is 0 Å². The minimum Gasteiger partial charge on any atom is -0.394 e. The molecule has 0 radical (unpaired) electrons. The molecule has 7 nitrogen and oxygen atoms in total. The Morgan fingerprint density at radius 2 is 2.16 bits per heavy atom. The van der Waals surface area contributed by atoms with Gasteiger partial charge in [-0.3, -0.25) is 0 Å². The molecule has 0 spiro atoms. The van der Waals surface area contributed by atoms with Crippen molar-refractivity contribution in [3.8, 4) is 0 Å². The Morgan fingerprint density at radius 1 is 1.40 bits per heavy atom. The number of halogens is 2. The number of nitrogens with one attached hydrogen (secondary N) is 1. The standard InChI is InChI=1S/C16H20ClFN4O3/c17-12-5-10(20-8-3-1-2-4-8)9-6-19-22(15(9)21-12)16-13(18)14(24)11(7-23)25-16/h5-6,8,11,13-14,16,23-24H,1-4,7H2,(H,20,21)/t11-,13+,14-,16-/m1/s1. The molecule has 1 saturated carbocycles. The molecule has 3 N–H and O–H groups in total. The highest BCUT2D eigenvalue weighted by atomic mass is 35.5. The van der Waals surface area contributed by atoms with Gasteiger partial charge in [0.1, 0.15) is 17.4 Å². The third-order valence-electron chi connectivity index (χ3n) is 4.97. The van der Waals surface area contributed by atoms with Crippen LogP contribution in [0.1, 0.15) is 31.9 Å². The normalized spacial score (nSPS) is 30.4. The van der Waals surface area contributed by atoms with Crippen molar-refractivity contribution >= 4 is 28.3 Å². The van der Waals surface area contributed by atoms with Crippen molar-refractivity contribution in [3.63, 3.8) is 0 Å². The van der Waals surface area contributed by atoms with Crippen LogP contribution in [0.3, 0.4) is 0 Å². The maximum Gasteiger partial charge on any atom is 0.186 e. The molecule has 136 valence electrons. The molecule has 1 aliphatic carbocycles. The molecule has 1 saturated heterocycles. The molecule has 4 atom stereocenters. The number of hydrogen-bond acceptors (Lipinski definition) is 6. The molecule has 2 fully saturated rings. The Labute approximate surface area is 148 Å². The van der Waals surface area contributed by atoms with Crippen LogP contribution in [-0.2, 0) is 4.74 Å². The zero-order valence-corrected chi connectivity index (χ0v) is 14.2. The summed E-state index contributed by atoms with van der Waals surface area (Å²) in [7, 11) is 0. The fourth-order valence-electron chi connectivity index (χ4n) is 3.64. The summed E-state index contributed by atoms with van der Waals surface area (Å²) in [6, 6.07) is 2.12. The van der Waals surface area contributed by atoms with Gasteiger partial charge in [-0.15, -0.1) is 0 Å². The third kappa shape index (κ3) is 2.97. The summed E-state index contributed by atoms with van der Waals surface area (Å²) < 4.78 is 21.1. The van der Waals surface area contributed by atoms with E-state index in [1.165, 1.54) is 17.5 Å². The molecular weight excluding hydrogens is 351 g/mol. The molecule has 2 aromatic rings. The summed E-state index contributed by atoms with van der Waals surface area (Å²) in [4.78, 5) is 4.26. The Kier molecular flexibility index (Phi) is 4.53. The molecule has 2 aliphatic rings. The monoisotopic (exact) mass is 370 g/mol. The van der Waals surface area contributed by atoms with Gasteiger partial charge in [0.2, 0.25) is 0 Å². The maximum absolute atomic E-state index is 14.4. The molecule has 4 rings (SSSR count). The Balaban J connectivity index is 1.70. The highest BCUT2D eigenvalue weighted by Gasteiger charge is 2.46. The summed E-state index contributed by atoms with van der Waals surface area (Å²) >= 11 is 6.15. The lowest BCUT2D eigenvalue weighted by Crippen LogP contribution is -2.30. The smallest absolute Gasteiger partial charge is 0.186 e. The summed E-state index contributed by atoms with van der Waals surface area (Å²) in [5.41, 5.74) is 1.19. The first-order chi connectivity index (χ1) is 12.1. The molecule has 2 aromatic heterocycles. The lowest BCUT2D eigenvalue weighted by molar-refractivity contribution is -0.0505. The zero-order valence-electron chi connectivity index (χ0n) is 13.5. The fourth-order valence-corrected chi connectivity index (χ4v) is 3.82. The number of nitrogens with zero attached hydrogens (tertiary/aromatic N) is 3. The van der Waals surface area contributed by atoms with E-state index in [-0.39, 0.29) is 5.15 Å². The number of rotatable bonds is 4. The first-order valence-corrected chi connectivity index (χ1v) is 8.85. The van der Waals surface area contributed by atoms with Crippen LogP contribution in [0.5, 0.6) is 0 Å². The van der Waals surface area contributed by atoms with Gasteiger partial charge in [-0.25, -0.2) is 14.1 Å². The molecule has 9 heteroatoms. The van der Waals surface area contributed by atoms with Gasteiger partial charge >= 0.3 is 0 Å². The van der Waals surface area contributed by atoms with Crippen molar-refractivity contribution in [3.05, 3.63) is 17.4 Å². The van der Waals surface area contributed by atoms with Gasteiger partial charge in [0.05, 0.1) is 23.9 Å². The average Bonchev–Trinajstić information content (AvgIpc) is 3.29. The van der Waals surface area contributed by atoms with E-state index in [9.17, 15) is 14.6 Å². The van der Waals surface area contributed by atoms with E-state index in [2.05, 4.69) is 15.4 Å². The largest absolute Gasteiger partial charge is 0.394 e. The number of hydrogen-bond donors (Lipinski definition) is 3. The lowest BCUT2D eigenvalue weighted by atomic mass is 10.1. The maximum atomic E-state index is 14.4. The van der Waals surface area contributed by atoms with Gasteiger partial charge in [0.15, 0.2) is 18.0 Å². The first-order valence-electron chi connectivity index (χ1n) is 8.47.